The second kappa shape index (κ2) is 18.1. The fourth-order valence-corrected chi connectivity index (χ4v) is 4.18. The minimum Gasteiger partial charge on any atom is -0.427 e. The van der Waals surface area contributed by atoms with Crippen molar-refractivity contribution in [3.8, 4) is 17.0 Å². The lowest BCUT2D eigenvalue weighted by molar-refractivity contribution is -0.134. The third kappa shape index (κ3) is 12.3. The number of hydrogen-bond acceptors (Lipinski definition) is 4. The molecule has 188 valence electrons. The monoisotopic (exact) mass is 466 g/mol. The lowest BCUT2D eigenvalue weighted by Crippen LogP contribution is -2.07. The molecule has 0 radical (unpaired) electrons. The summed E-state index contributed by atoms with van der Waals surface area (Å²) in [5, 5.41) is 0. The van der Waals surface area contributed by atoms with Gasteiger partial charge in [0.2, 0.25) is 0 Å². The first kappa shape index (κ1) is 28.0. The highest BCUT2D eigenvalue weighted by atomic mass is 16.5. The molecule has 0 aliphatic heterocycles. The van der Waals surface area contributed by atoms with Gasteiger partial charge in [-0.15, -0.1) is 0 Å². The Morgan fingerprint density at radius 2 is 1.24 bits per heavy atom. The van der Waals surface area contributed by atoms with Crippen LogP contribution < -0.4 is 4.74 Å². The summed E-state index contributed by atoms with van der Waals surface area (Å²) in [5.74, 6) is 0.447. The summed E-state index contributed by atoms with van der Waals surface area (Å²) >= 11 is 0. The van der Waals surface area contributed by atoms with E-state index in [1.807, 2.05) is 36.7 Å². The molecule has 0 aliphatic rings. The number of carbonyl (C=O) groups is 1. The standard InChI is InChI=1S/C30H46N2O2/c1-3-5-7-9-11-13-14-16-18-27-24-32-29(25-31-27)26-20-22-28(23-21-26)34-30(33)19-17-15-12-10-8-6-4-2/h20-25H,3-19H2,1-2H3. The maximum atomic E-state index is 12.1. The van der Waals surface area contributed by atoms with Crippen LogP contribution in [0, 0.1) is 0 Å². The summed E-state index contributed by atoms with van der Waals surface area (Å²) in [7, 11) is 0. The lowest BCUT2D eigenvalue weighted by atomic mass is 10.1. The Kier molecular flexibility index (Phi) is 14.9. The highest BCUT2D eigenvalue weighted by Crippen LogP contribution is 2.21. The number of hydrogen-bond donors (Lipinski definition) is 0. The van der Waals surface area contributed by atoms with Crippen molar-refractivity contribution in [2.45, 2.75) is 123 Å². The van der Waals surface area contributed by atoms with Crippen LogP contribution in [0.1, 0.15) is 122 Å². The van der Waals surface area contributed by atoms with E-state index in [9.17, 15) is 4.79 Å². The van der Waals surface area contributed by atoms with Crippen LogP contribution >= 0.6 is 0 Å². The first-order valence-electron chi connectivity index (χ1n) is 13.8. The van der Waals surface area contributed by atoms with E-state index >= 15 is 0 Å². The lowest BCUT2D eigenvalue weighted by Gasteiger charge is -2.07. The van der Waals surface area contributed by atoms with Crippen LogP contribution in [0.4, 0.5) is 0 Å². The Bertz CT molecular complexity index is 771. The molecule has 4 heteroatoms. The fourth-order valence-electron chi connectivity index (χ4n) is 4.18. The molecular weight excluding hydrogens is 420 g/mol. The number of aromatic nitrogens is 2. The summed E-state index contributed by atoms with van der Waals surface area (Å²) in [6.07, 6.45) is 24.2. The number of benzene rings is 1. The van der Waals surface area contributed by atoms with E-state index in [0.29, 0.717) is 12.2 Å². The predicted molar refractivity (Wildman–Crippen MR) is 142 cm³/mol. The van der Waals surface area contributed by atoms with Crippen molar-refractivity contribution < 1.29 is 9.53 Å². The van der Waals surface area contributed by atoms with Crippen LogP contribution in [0.5, 0.6) is 5.75 Å². The molecule has 0 fully saturated rings. The van der Waals surface area contributed by atoms with Crippen molar-refractivity contribution in [3.63, 3.8) is 0 Å². The van der Waals surface area contributed by atoms with Crippen molar-refractivity contribution in [1.29, 1.82) is 0 Å². The van der Waals surface area contributed by atoms with Gasteiger partial charge in [-0.3, -0.25) is 14.8 Å². The number of nitrogens with zero attached hydrogens (tertiary/aromatic N) is 2. The molecule has 0 spiro atoms. The maximum absolute atomic E-state index is 12.1. The molecule has 1 heterocycles. The van der Waals surface area contributed by atoms with E-state index in [1.165, 1.54) is 83.5 Å². The number of aryl methyl sites for hydroxylation is 1. The summed E-state index contributed by atoms with van der Waals surface area (Å²) in [4.78, 5) is 21.3. The predicted octanol–water partition coefficient (Wildman–Crippen LogP) is 8.87. The number of ether oxygens (including phenoxy) is 1. The maximum Gasteiger partial charge on any atom is 0.311 e. The average molecular weight is 467 g/mol. The molecule has 34 heavy (non-hydrogen) atoms. The molecule has 0 atom stereocenters. The minimum absolute atomic E-state index is 0.147. The van der Waals surface area contributed by atoms with Crippen LogP contribution in [-0.4, -0.2) is 15.9 Å². The fraction of sp³-hybridized carbons (Fsp3) is 0.633. The van der Waals surface area contributed by atoms with Gasteiger partial charge in [-0.1, -0.05) is 97.3 Å². The molecule has 0 saturated heterocycles. The van der Waals surface area contributed by atoms with E-state index < -0.39 is 0 Å². The quantitative estimate of drug-likeness (QED) is 0.118. The van der Waals surface area contributed by atoms with Crippen LogP contribution in [0.15, 0.2) is 36.7 Å². The van der Waals surface area contributed by atoms with Gasteiger partial charge in [0.05, 0.1) is 17.6 Å². The Morgan fingerprint density at radius 1 is 0.676 bits per heavy atom. The number of carbonyl (C=O) groups excluding carboxylic acids is 1. The molecule has 0 unspecified atom stereocenters. The molecule has 2 rings (SSSR count). The molecular formula is C30H46N2O2. The van der Waals surface area contributed by atoms with Crippen LogP contribution in [0.3, 0.4) is 0 Å². The molecule has 0 aliphatic carbocycles. The average Bonchev–Trinajstić information content (AvgIpc) is 2.86. The van der Waals surface area contributed by atoms with Gasteiger partial charge in [0, 0.05) is 18.2 Å². The highest BCUT2D eigenvalue weighted by molar-refractivity contribution is 5.72. The third-order valence-corrected chi connectivity index (χ3v) is 6.36. The Balaban J connectivity index is 1.64. The SMILES string of the molecule is CCCCCCCCCCc1cnc(-c2ccc(OC(=O)CCCCCCCCC)cc2)cn1. The molecule has 0 saturated carbocycles. The smallest absolute Gasteiger partial charge is 0.311 e. The van der Waals surface area contributed by atoms with Gasteiger partial charge >= 0.3 is 5.97 Å². The molecule has 1 aromatic carbocycles. The summed E-state index contributed by atoms with van der Waals surface area (Å²) in [5.41, 5.74) is 2.89. The number of rotatable bonds is 19. The van der Waals surface area contributed by atoms with Gasteiger partial charge in [-0.25, -0.2) is 0 Å². The van der Waals surface area contributed by atoms with Gasteiger partial charge in [0.15, 0.2) is 0 Å². The second-order valence-corrected chi connectivity index (χ2v) is 9.49. The third-order valence-electron chi connectivity index (χ3n) is 6.36. The molecule has 0 N–H and O–H groups in total. The molecule has 1 aromatic heterocycles. The first-order chi connectivity index (χ1) is 16.7. The van der Waals surface area contributed by atoms with E-state index in [0.717, 1.165) is 36.2 Å². The topological polar surface area (TPSA) is 52.1 Å². The zero-order chi connectivity index (χ0) is 24.3. The van der Waals surface area contributed by atoms with Crippen molar-refractivity contribution in [1.82, 2.24) is 9.97 Å². The zero-order valence-corrected chi connectivity index (χ0v) is 21.7. The summed E-state index contributed by atoms with van der Waals surface area (Å²) in [6.45, 7) is 4.49. The largest absolute Gasteiger partial charge is 0.427 e. The van der Waals surface area contributed by atoms with Crippen LogP contribution in [0.25, 0.3) is 11.3 Å². The van der Waals surface area contributed by atoms with E-state index in [4.69, 9.17) is 4.74 Å². The van der Waals surface area contributed by atoms with E-state index in [1.54, 1.807) is 0 Å². The van der Waals surface area contributed by atoms with Crippen molar-refractivity contribution in [3.05, 3.63) is 42.4 Å². The van der Waals surface area contributed by atoms with Gasteiger partial charge < -0.3 is 4.74 Å². The number of unbranched alkanes of at least 4 members (excludes halogenated alkanes) is 13. The molecule has 0 bridgehead atoms. The molecule has 0 amide bonds. The first-order valence-corrected chi connectivity index (χ1v) is 13.8. The van der Waals surface area contributed by atoms with Crippen LogP contribution in [0.2, 0.25) is 0 Å². The molecule has 4 nitrogen and oxygen atoms in total. The van der Waals surface area contributed by atoms with Crippen molar-refractivity contribution >= 4 is 5.97 Å². The highest BCUT2D eigenvalue weighted by Gasteiger charge is 2.07. The van der Waals surface area contributed by atoms with Gasteiger partial charge in [-0.2, -0.15) is 0 Å². The zero-order valence-electron chi connectivity index (χ0n) is 21.7. The molecule has 2 aromatic rings. The number of esters is 1. The summed E-state index contributed by atoms with van der Waals surface area (Å²) < 4.78 is 5.49. The van der Waals surface area contributed by atoms with E-state index in [2.05, 4.69) is 23.8 Å². The normalized spacial score (nSPS) is 11.0. The Morgan fingerprint density at radius 3 is 1.79 bits per heavy atom. The van der Waals surface area contributed by atoms with Gasteiger partial charge in [0.25, 0.3) is 0 Å². The second-order valence-electron chi connectivity index (χ2n) is 9.49. The van der Waals surface area contributed by atoms with Crippen LogP contribution in [-0.2, 0) is 11.2 Å². The van der Waals surface area contributed by atoms with Crippen molar-refractivity contribution in [2.75, 3.05) is 0 Å². The Labute approximate surface area is 208 Å². The minimum atomic E-state index is -0.147. The Hall–Kier alpha value is -2.23. The van der Waals surface area contributed by atoms with E-state index in [-0.39, 0.29) is 5.97 Å². The van der Waals surface area contributed by atoms with Gasteiger partial charge in [-0.05, 0) is 43.5 Å². The summed E-state index contributed by atoms with van der Waals surface area (Å²) in [6, 6.07) is 7.57. The van der Waals surface area contributed by atoms with Gasteiger partial charge in [0.1, 0.15) is 5.75 Å². The van der Waals surface area contributed by atoms with Crippen molar-refractivity contribution in [2.24, 2.45) is 0 Å².